The van der Waals surface area contributed by atoms with Crippen LogP contribution in [-0.4, -0.2) is 66.8 Å². The molecule has 0 spiro atoms. The van der Waals surface area contributed by atoms with Gasteiger partial charge >= 0.3 is 12.0 Å². The van der Waals surface area contributed by atoms with E-state index in [0.29, 0.717) is 19.7 Å². The molecule has 1 saturated heterocycles. The Morgan fingerprint density at radius 1 is 1.37 bits per heavy atom. The number of carboxylic acid groups (broad SMARTS) is 1. The summed E-state index contributed by atoms with van der Waals surface area (Å²) in [4.78, 5) is 35.4. The lowest BCUT2D eigenvalue weighted by atomic mass is 10.2. The van der Waals surface area contributed by atoms with Crippen LogP contribution in [0.1, 0.15) is 13.3 Å². The van der Waals surface area contributed by atoms with E-state index in [1.165, 1.54) is 4.90 Å². The summed E-state index contributed by atoms with van der Waals surface area (Å²) in [5.74, 6) is -1.25. The molecule has 1 aliphatic heterocycles. The van der Waals surface area contributed by atoms with E-state index in [0.717, 1.165) is 0 Å². The van der Waals surface area contributed by atoms with Gasteiger partial charge in [0.25, 0.3) is 0 Å². The number of aliphatic carboxylic acids is 1. The molecule has 8 heteroatoms. The van der Waals surface area contributed by atoms with Crippen molar-refractivity contribution in [3.05, 3.63) is 0 Å². The van der Waals surface area contributed by atoms with Crippen LogP contribution in [0, 0.1) is 0 Å². The molecule has 1 heterocycles. The summed E-state index contributed by atoms with van der Waals surface area (Å²) in [6.45, 7) is 3.12. The number of carbonyl (C=O) groups is 3. The van der Waals surface area contributed by atoms with Crippen LogP contribution in [0.3, 0.4) is 0 Å². The molecule has 3 N–H and O–H groups in total. The van der Waals surface area contributed by atoms with E-state index in [1.807, 2.05) is 0 Å². The van der Waals surface area contributed by atoms with Crippen molar-refractivity contribution in [2.75, 3.05) is 32.8 Å². The van der Waals surface area contributed by atoms with E-state index in [9.17, 15) is 14.4 Å². The van der Waals surface area contributed by atoms with Crippen LogP contribution in [0.15, 0.2) is 0 Å². The number of carboxylic acids is 1. The number of likely N-dealkylation sites (N-methyl/N-ethyl adjacent to an activating group) is 1. The lowest BCUT2D eigenvalue weighted by molar-refractivity contribution is -0.137. The summed E-state index contributed by atoms with van der Waals surface area (Å²) in [5.41, 5.74) is 0. The van der Waals surface area contributed by atoms with Crippen molar-refractivity contribution >= 4 is 17.9 Å². The second-order valence-corrected chi connectivity index (χ2v) is 4.05. The Bertz CT molecular complexity index is 347. The summed E-state index contributed by atoms with van der Waals surface area (Å²) >= 11 is 0. The van der Waals surface area contributed by atoms with Gasteiger partial charge in [-0.2, -0.15) is 0 Å². The molecular formula is C11H19N3O5. The molecule has 1 unspecified atom stereocenters. The number of nitrogens with zero attached hydrogens (tertiary/aromatic N) is 1. The van der Waals surface area contributed by atoms with Crippen molar-refractivity contribution in [2.45, 2.75) is 19.4 Å². The number of hydrogen-bond donors (Lipinski definition) is 3. The van der Waals surface area contributed by atoms with Gasteiger partial charge in [0.15, 0.2) is 0 Å². The highest BCUT2D eigenvalue weighted by Gasteiger charge is 2.32. The predicted octanol–water partition coefficient (Wildman–Crippen LogP) is -0.992. The van der Waals surface area contributed by atoms with Gasteiger partial charge in [-0.3, -0.25) is 9.59 Å². The minimum Gasteiger partial charge on any atom is -0.481 e. The lowest BCUT2D eigenvalue weighted by Gasteiger charge is -2.34. The second kappa shape index (κ2) is 7.57. The first-order valence-corrected chi connectivity index (χ1v) is 6.18. The van der Waals surface area contributed by atoms with Crippen LogP contribution in [-0.2, 0) is 14.3 Å². The topological polar surface area (TPSA) is 108 Å². The van der Waals surface area contributed by atoms with Crippen LogP contribution in [0.4, 0.5) is 4.79 Å². The molecule has 3 amide bonds. The van der Waals surface area contributed by atoms with Crippen LogP contribution in [0.25, 0.3) is 0 Å². The molecule has 0 bridgehead atoms. The molecule has 0 aromatic carbocycles. The Kier molecular flexibility index (Phi) is 6.07. The highest BCUT2D eigenvalue weighted by Crippen LogP contribution is 2.07. The average Bonchev–Trinajstić information content (AvgIpc) is 2.38. The largest absolute Gasteiger partial charge is 0.481 e. The molecule has 0 aliphatic carbocycles. The van der Waals surface area contributed by atoms with E-state index in [1.54, 1.807) is 6.92 Å². The van der Waals surface area contributed by atoms with Crippen molar-refractivity contribution < 1.29 is 24.2 Å². The molecule has 0 saturated carbocycles. The fourth-order valence-corrected chi connectivity index (χ4v) is 1.73. The number of urea groups is 1. The number of carbonyl (C=O) groups excluding carboxylic acids is 2. The monoisotopic (exact) mass is 273 g/mol. The van der Waals surface area contributed by atoms with Gasteiger partial charge in [0.1, 0.15) is 6.04 Å². The fraction of sp³-hybridized carbons (Fsp3) is 0.727. The van der Waals surface area contributed by atoms with Gasteiger partial charge in [0, 0.05) is 19.6 Å². The maximum absolute atomic E-state index is 11.9. The third-order valence-corrected chi connectivity index (χ3v) is 2.66. The Labute approximate surface area is 111 Å². The van der Waals surface area contributed by atoms with E-state index in [-0.39, 0.29) is 25.5 Å². The highest BCUT2D eigenvalue weighted by molar-refractivity contribution is 5.87. The third-order valence-electron chi connectivity index (χ3n) is 2.66. The van der Waals surface area contributed by atoms with E-state index >= 15 is 0 Å². The summed E-state index contributed by atoms with van der Waals surface area (Å²) in [6.07, 6.45) is -0.151. The lowest BCUT2D eigenvalue weighted by Crippen LogP contribution is -2.58. The molecule has 1 atom stereocenters. The first-order chi connectivity index (χ1) is 9.06. The third kappa shape index (κ3) is 4.74. The van der Waals surface area contributed by atoms with Crippen molar-refractivity contribution in [1.82, 2.24) is 15.5 Å². The summed E-state index contributed by atoms with van der Waals surface area (Å²) < 4.78 is 5.20. The van der Waals surface area contributed by atoms with Crippen molar-refractivity contribution in [3.63, 3.8) is 0 Å². The van der Waals surface area contributed by atoms with Crippen molar-refractivity contribution in [3.8, 4) is 0 Å². The first kappa shape index (κ1) is 15.2. The van der Waals surface area contributed by atoms with E-state index in [4.69, 9.17) is 9.84 Å². The molecule has 1 aliphatic rings. The quantitative estimate of drug-likeness (QED) is 0.596. The van der Waals surface area contributed by atoms with Gasteiger partial charge < -0.3 is 25.4 Å². The molecule has 108 valence electrons. The molecule has 1 fully saturated rings. The van der Waals surface area contributed by atoms with Gasteiger partial charge in [0.2, 0.25) is 5.91 Å². The Hall–Kier alpha value is -1.83. The molecular weight excluding hydrogens is 254 g/mol. The number of hydrogen-bond acceptors (Lipinski definition) is 4. The normalized spacial score (nSPS) is 18.8. The number of amides is 3. The maximum Gasteiger partial charge on any atom is 0.318 e. The first-order valence-electron chi connectivity index (χ1n) is 6.18. The minimum absolute atomic E-state index is 0.0354. The molecule has 8 nitrogen and oxygen atoms in total. The molecule has 0 aromatic rings. The van der Waals surface area contributed by atoms with Gasteiger partial charge in [-0.15, -0.1) is 0 Å². The van der Waals surface area contributed by atoms with Gasteiger partial charge in [-0.05, 0) is 6.92 Å². The van der Waals surface area contributed by atoms with E-state index < -0.39 is 18.0 Å². The number of rotatable bonds is 5. The molecule has 0 radical (unpaired) electrons. The zero-order chi connectivity index (χ0) is 14.3. The standard InChI is InChI=1S/C11H19N3O5/c1-2-12-10(17)8-7-19-6-5-14(8)11(18)13-4-3-9(15)16/h8H,2-7H2,1H3,(H,12,17)(H,13,18)(H,15,16). The zero-order valence-electron chi connectivity index (χ0n) is 10.8. The van der Waals surface area contributed by atoms with Gasteiger partial charge in [-0.1, -0.05) is 0 Å². The van der Waals surface area contributed by atoms with Gasteiger partial charge in [0.05, 0.1) is 19.6 Å². The summed E-state index contributed by atoms with van der Waals surface area (Å²) in [6, 6.07) is -1.11. The molecule has 1 rings (SSSR count). The minimum atomic E-state index is -0.984. The smallest absolute Gasteiger partial charge is 0.318 e. The predicted molar refractivity (Wildman–Crippen MR) is 65.6 cm³/mol. The Balaban J connectivity index is 2.53. The number of ether oxygens (including phenoxy) is 1. The Morgan fingerprint density at radius 3 is 2.74 bits per heavy atom. The van der Waals surface area contributed by atoms with Crippen LogP contribution in [0.5, 0.6) is 0 Å². The van der Waals surface area contributed by atoms with Crippen LogP contribution in [0.2, 0.25) is 0 Å². The SMILES string of the molecule is CCNC(=O)C1COCCN1C(=O)NCCC(=O)O. The molecule has 19 heavy (non-hydrogen) atoms. The average molecular weight is 273 g/mol. The second-order valence-electron chi connectivity index (χ2n) is 4.05. The van der Waals surface area contributed by atoms with Crippen LogP contribution < -0.4 is 10.6 Å². The van der Waals surface area contributed by atoms with E-state index in [2.05, 4.69) is 10.6 Å². The number of morpholine rings is 1. The van der Waals surface area contributed by atoms with Crippen LogP contribution >= 0.6 is 0 Å². The highest BCUT2D eigenvalue weighted by atomic mass is 16.5. The van der Waals surface area contributed by atoms with Crippen molar-refractivity contribution in [2.24, 2.45) is 0 Å². The summed E-state index contributed by atoms with van der Waals surface area (Å²) in [7, 11) is 0. The van der Waals surface area contributed by atoms with Gasteiger partial charge in [-0.25, -0.2) is 4.79 Å². The Morgan fingerprint density at radius 2 is 2.11 bits per heavy atom. The zero-order valence-corrected chi connectivity index (χ0v) is 10.8. The maximum atomic E-state index is 11.9. The molecule has 0 aromatic heterocycles. The number of nitrogens with one attached hydrogen (secondary N) is 2. The van der Waals surface area contributed by atoms with Crippen molar-refractivity contribution in [1.29, 1.82) is 0 Å². The summed E-state index contributed by atoms with van der Waals surface area (Å²) in [5, 5.41) is 13.6. The fourth-order valence-electron chi connectivity index (χ4n) is 1.73.